The van der Waals surface area contributed by atoms with Gasteiger partial charge in [0.1, 0.15) is 0 Å². The number of aliphatic hydroxyl groups excluding tert-OH is 1. The van der Waals surface area contributed by atoms with Crippen LogP contribution >= 0.6 is 11.6 Å². The molecule has 0 radical (unpaired) electrons. The van der Waals surface area contributed by atoms with Crippen LogP contribution in [-0.2, 0) is 18.3 Å². The number of halogens is 1. The summed E-state index contributed by atoms with van der Waals surface area (Å²) in [7, 11) is 1.92. The van der Waals surface area contributed by atoms with Gasteiger partial charge in [0.25, 0.3) is 11.8 Å². The molecule has 8 heteroatoms. The minimum atomic E-state index is -0.459. The Balaban J connectivity index is 1.91. The number of aliphatic hydroxyl groups is 1. The fourth-order valence-electron chi connectivity index (χ4n) is 4.96. The van der Waals surface area contributed by atoms with Gasteiger partial charge in [-0.2, -0.15) is 0 Å². The van der Waals surface area contributed by atoms with Gasteiger partial charge in [0.15, 0.2) is 0 Å². The lowest BCUT2D eigenvalue weighted by atomic mass is 9.92. The number of benzene rings is 3. The quantitative estimate of drug-likeness (QED) is 0.209. The van der Waals surface area contributed by atoms with Gasteiger partial charge in [-0.05, 0) is 54.7 Å². The lowest BCUT2D eigenvalue weighted by Gasteiger charge is -2.10. The monoisotopic (exact) mass is 475 g/mol. The van der Waals surface area contributed by atoms with Crippen LogP contribution in [0.2, 0.25) is 5.02 Å². The second-order valence-electron chi connectivity index (χ2n) is 8.36. The molecule has 0 saturated carbocycles. The lowest BCUT2D eigenvalue weighted by Crippen LogP contribution is -2.20. The molecular weight excluding hydrogens is 454 g/mol. The molecule has 2 heterocycles. The number of aromatic nitrogens is 1. The summed E-state index contributed by atoms with van der Waals surface area (Å²) in [4.78, 5) is 37.2. The fourth-order valence-corrected chi connectivity index (χ4v) is 5.20. The minimum Gasteiger partial charge on any atom is -0.396 e. The predicted molar refractivity (Wildman–Crippen MR) is 132 cm³/mol. The molecule has 1 aliphatic heterocycles. The fraction of sp³-hybridized carbons (Fsp3) is 0.192. The summed E-state index contributed by atoms with van der Waals surface area (Å²) >= 11 is 6.48. The summed E-state index contributed by atoms with van der Waals surface area (Å²) in [5.74, 6) is -0.916. The Bertz CT molecular complexity index is 1510. The number of nitrogens with zero attached hydrogens (tertiary/aromatic N) is 1. The van der Waals surface area contributed by atoms with Crippen LogP contribution in [0.4, 0.5) is 5.69 Å². The van der Waals surface area contributed by atoms with Crippen LogP contribution in [0.5, 0.6) is 0 Å². The van der Waals surface area contributed by atoms with E-state index in [0.717, 1.165) is 28.4 Å². The SMILES string of the molecule is Cn1c2cc(-c3ccccc3Cl)c3c(c2c2cc(NC=O)cc(CCCCO)c21)C(=O)NC3=O. The summed E-state index contributed by atoms with van der Waals surface area (Å²) in [5, 5.41) is 16.3. The summed E-state index contributed by atoms with van der Waals surface area (Å²) in [6.45, 7) is 0.0987. The van der Waals surface area contributed by atoms with E-state index < -0.39 is 11.8 Å². The minimum absolute atomic E-state index is 0.0987. The van der Waals surface area contributed by atoms with Gasteiger partial charge < -0.3 is 15.0 Å². The van der Waals surface area contributed by atoms with Gasteiger partial charge in [-0.1, -0.05) is 29.8 Å². The molecule has 1 aliphatic rings. The normalized spacial score (nSPS) is 12.9. The van der Waals surface area contributed by atoms with E-state index in [4.69, 9.17) is 11.6 Å². The van der Waals surface area contributed by atoms with Crippen LogP contribution in [-0.4, -0.2) is 34.5 Å². The molecule has 0 unspecified atom stereocenters. The molecule has 5 rings (SSSR count). The summed E-state index contributed by atoms with van der Waals surface area (Å²) in [6.07, 6.45) is 2.71. The third-order valence-electron chi connectivity index (χ3n) is 6.39. The number of aryl methyl sites for hydroxylation is 2. The van der Waals surface area contributed by atoms with E-state index in [1.54, 1.807) is 6.07 Å². The van der Waals surface area contributed by atoms with Crippen LogP contribution in [0, 0.1) is 0 Å². The summed E-state index contributed by atoms with van der Waals surface area (Å²) in [5.41, 5.74) is 5.14. The summed E-state index contributed by atoms with van der Waals surface area (Å²) in [6, 6.07) is 12.9. The second kappa shape index (κ2) is 8.59. The number of anilines is 1. The Labute approximate surface area is 200 Å². The molecule has 0 atom stereocenters. The maximum Gasteiger partial charge on any atom is 0.259 e. The molecule has 0 spiro atoms. The number of hydrogen-bond acceptors (Lipinski definition) is 4. The molecule has 0 saturated heterocycles. The van der Waals surface area contributed by atoms with Gasteiger partial charge in [0.2, 0.25) is 6.41 Å². The molecule has 7 nitrogen and oxygen atoms in total. The Morgan fingerprint density at radius 3 is 2.56 bits per heavy atom. The van der Waals surface area contributed by atoms with Crippen LogP contribution in [0.15, 0.2) is 42.5 Å². The number of rotatable bonds is 7. The van der Waals surface area contributed by atoms with Crippen molar-refractivity contribution < 1.29 is 19.5 Å². The maximum atomic E-state index is 13.0. The third kappa shape index (κ3) is 3.36. The topological polar surface area (TPSA) is 100 Å². The van der Waals surface area contributed by atoms with Gasteiger partial charge in [-0.15, -0.1) is 0 Å². The van der Waals surface area contributed by atoms with Gasteiger partial charge in [0.05, 0.1) is 22.2 Å². The smallest absolute Gasteiger partial charge is 0.259 e. The Kier molecular flexibility index (Phi) is 5.59. The van der Waals surface area contributed by atoms with E-state index in [1.807, 2.05) is 48.0 Å². The predicted octanol–water partition coefficient (Wildman–Crippen LogP) is 4.42. The Hall–Kier alpha value is -3.68. The average Bonchev–Trinajstić information content (AvgIpc) is 3.27. The van der Waals surface area contributed by atoms with Gasteiger partial charge in [-0.25, -0.2) is 0 Å². The van der Waals surface area contributed by atoms with Crippen molar-refractivity contribution in [3.8, 4) is 11.1 Å². The van der Waals surface area contributed by atoms with Gasteiger partial charge >= 0.3 is 0 Å². The molecule has 3 amide bonds. The Morgan fingerprint density at radius 2 is 1.82 bits per heavy atom. The molecule has 0 aliphatic carbocycles. The van der Waals surface area contributed by atoms with Crippen LogP contribution in [0.25, 0.3) is 32.9 Å². The second-order valence-corrected chi connectivity index (χ2v) is 8.77. The zero-order chi connectivity index (χ0) is 24.0. The number of amides is 3. The first-order valence-electron chi connectivity index (χ1n) is 11.0. The first-order valence-corrected chi connectivity index (χ1v) is 11.4. The van der Waals surface area contributed by atoms with Crippen molar-refractivity contribution in [2.24, 2.45) is 7.05 Å². The largest absolute Gasteiger partial charge is 0.396 e. The first-order chi connectivity index (χ1) is 16.5. The number of nitrogens with one attached hydrogen (secondary N) is 2. The van der Waals surface area contributed by atoms with Crippen molar-refractivity contribution in [1.82, 2.24) is 9.88 Å². The van der Waals surface area contributed by atoms with Gasteiger partial charge in [0, 0.05) is 40.7 Å². The van der Waals surface area contributed by atoms with Crippen molar-refractivity contribution in [2.75, 3.05) is 11.9 Å². The number of carbonyl (C=O) groups excluding carboxylic acids is 3. The van der Waals surface area contributed by atoms with E-state index in [0.29, 0.717) is 57.6 Å². The van der Waals surface area contributed by atoms with Crippen LogP contribution in [0.1, 0.15) is 39.1 Å². The molecule has 172 valence electrons. The molecule has 4 aromatic rings. The van der Waals surface area contributed by atoms with E-state index in [1.165, 1.54) is 0 Å². The zero-order valence-corrected chi connectivity index (χ0v) is 19.2. The lowest BCUT2D eigenvalue weighted by molar-refractivity contribution is -0.105. The van der Waals surface area contributed by atoms with Gasteiger partial charge in [-0.3, -0.25) is 19.7 Å². The number of imide groups is 1. The molecular formula is C26H22ClN3O4. The van der Waals surface area contributed by atoms with E-state index >= 15 is 0 Å². The van der Waals surface area contributed by atoms with E-state index in [-0.39, 0.29) is 6.61 Å². The summed E-state index contributed by atoms with van der Waals surface area (Å²) < 4.78 is 2.01. The first kappa shape index (κ1) is 22.1. The number of carbonyl (C=O) groups is 3. The molecule has 0 bridgehead atoms. The molecule has 3 N–H and O–H groups in total. The van der Waals surface area contributed by atoms with Crippen molar-refractivity contribution in [2.45, 2.75) is 19.3 Å². The van der Waals surface area contributed by atoms with Crippen molar-refractivity contribution in [3.05, 3.63) is 64.2 Å². The highest BCUT2D eigenvalue weighted by atomic mass is 35.5. The number of hydrogen-bond donors (Lipinski definition) is 3. The molecule has 34 heavy (non-hydrogen) atoms. The zero-order valence-electron chi connectivity index (χ0n) is 18.4. The van der Waals surface area contributed by atoms with Crippen molar-refractivity contribution in [1.29, 1.82) is 0 Å². The molecule has 3 aromatic carbocycles. The van der Waals surface area contributed by atoms with Crippen molar-refractivity contribution >= 4 is 57.3 Å². The highest BCUT2D eigenvalue weighted by Gasteiger charge is 2.35. The standard InChI is InChI=1S/C26H22ClN3O4/c1-30-20-12-17(16-7-2-3-8-19(16)27)22-23(26(34)29-25(22)33)21(20)18-11-15(28-13-32)10-14(24(18)30)6-4-5-9-31/h2-3,7-8,10-13,31H,4-6,9H2,1H3,(H,28,32)(H,29,33,34). The number of unbranched alkanes of at least 4 members (excludes halogenated alkanes) is 1. The Morgan fingerprint density at radius 1 is 1.06 bits per heavy atom. The average molecular weight is 476 g/mol. The number of fused-ring (bicyclic) bond motifs is 5. The maximum absolute atomic E-state index is 13.0. The van der Waals surface area contributed by atoms with Crippen LogP contribution < -0.4 is 10.6 Å². The van der Waals surface area contributed by atoms with Crippen molar-refractivity contribution in [3.63, 3.8) is 0 Å². The van der Waals surface area contributed by atoms with E-state index in [2.05, 4.69) is 10.6 Å². The third-order valence-corrected chi connectivity index (χ3v) is 6.72. The molecule has 1 aromatic heterocycles. The van der Waals surface area contributed by atoms with E-state index in [9.17, 15) is 19.5 Å². The highest BCUT2D eigenvalue weighted by Crippen LogP contribution is 2.43. The van der Waals surface area contributed by atoms with Crippen LogP contribution in [0.3, 0.4) is 0 Å². The molecule has 0 fully saturated rings. The highest BCUT2D eigenvalue weighted by molar-refractivity contribution is 6.36.